The van der Waals surface area contributed by atoms with Crippen molar-refractivity contribution in [2.75, 3.05) is 11.9 Å². The Kier molecular flexibility index (Phi) is 5.86. The van der Waals surface area contributed by atoms with Gasteiger partial charge in [0.1, 0.15) is 5.69 Å². The fourth-order valence-electron chi connectivity index (χ4n) is 3.51. The van der Waals surface area contributed by atoms with E-state index in [1.54, 1.807) is 35.6 Å². The summed E-state index contributed by atoms with van der Waals surface area (Å²) >= 11 is 0. The van der Waals surface area contributed by atoms with Crippen molar-refractivity contribution >= 4 is 17.6 Å². The molecule has 0 bridgehead atoms. The SMILES string of the molecule is O=C(COC(=O)C1(c2ccccc2)CCCC1)Nc1c(F)c(F)c(F)c(F)c1F. The van der Waals surface area contributed by atoms with Crippen molar-refractivity contribution in [3.8, 4) is 0 Å². The summed E-state index contributed by atoms with van der Waals surface area (Å²) in [5, 5.41) is 1.57. The van der Waals surface area contributed by atoms with Crippen LogP contribution in [0.2, 0.25) is 0 Å². The Morgan fingerprint density at radius 2 is 1.38 bits per heavy atom. The fraction of sp³-hybridized carbons (Fsp3) is 0.300. The van der Waals surface area contributed by atoms with E-state index in [1.165, 1.54) is 0 Å². The molecule has 1 aliphatic carbocycles. The quantitative estimate of drug-likeness (QED) is 0.343. The van der Waals surface area contributed by atoms with Crippen LogP contribution in [0.15, 0.2) is 30.3 Å². The maximum atomic E-state index is 13.6. The summed E-state index contributed by atoms with van der Waals surface area (Å²) in [6.07, 6.45) is 2.58. The van der Waals surface area contributed by atoms with Gasteiger partial charge in [-0.2, -0.15) is 0 Å². The average Bonchev–Trinajstić information content (AvgIpc) is 3.24. The van der Waals surface area contributed by atoms with E-state index in [4.69, 9.17) is 4.74 Å². The van der Waals surface area contributed by atoms with Crippen LogP contribution in [-0.4, -0.2) is 18.5 Å². The first-order valence-corrected chi connectivity index (χ1v) is 8.82. The van der Waals surface area contributed by atoms with Crippen molar-refractivity contribution in [2.45, 2.75) is 31.1 Å². The van der Waals surface area contributed by atoms with Crippen LogP contribution in [0.25, 0.3) is 0 Å². The maximum absolute atomic E-state index is 13.6. The lowest BCUT2D eigenvalue weighted by atomic mass is 9.79. The van der Waals surface area contributed by atoms with Gasteiger partial charge in [0.15, 0.2) is 29.9 Å². The molecule has 0 heterocycles. The molecule has 2 aromatic rings. The molecule has 0 spiro atoms. The predicted molar refractivity (Wildman–Crippen MR) is 92.4 cm³/mol. The first kappa shape index (κ1) is 20.8. The summed E-state index contributed by atoms with van der Waals surface area (Å²) in [7, 11) is 0. The number of nitrogens with one attached hydrogen (secondary N) is 1. The van der Waals surface area contributed by atoms with Crippen molar-refractivity contribution in [3.63, 3.8) is 0 Å². The minimum Gasteiger partial charge on any atom is -0.455 e. The van der Waals surface area contributed by atoms with Gasteiger partial charge in [-0.15, -0.1) is 0 Å². The van der Waals surface area contributed by atoms with E-state index in [9.17, 15) is 31.5 Å². The highest BCUT2D eigenvalue weighted by Gasteiger charge is 2.44. The molecule has 1 amide bonds. The van der Waals surface area contributed by atoms with Gasteiger partial charge in [0.25, 0.3) is 5.91 Å². The largest absolute Gasteiger partial charge is 0.455 e. The second-order valence-electron chi connectivity index (χ2n) is 6.72. The van der Waals surface area contributed by atoms with Gasteiger partial charge in [-0.3, -0.25) is 9.59 Å². The monoisotopic (exact) mass is 413 g/mol. The van der Waals surface area contributed by atoms with Crippen LogP contribution in [0.4, 0.5) is 27.6 Å². The second-order valence-corrected chi connectivity index (χ2v) is 6.72. The second kappa shape index (κ2) is 8.18. The summed E-state index contributed by atoms with van der Waals surface area (Å²) in [6.45, 7) is -0.938. The van der Waals surface area contributed by atoms with Crippen molar-refractivity contribution in [3.05, 3.63) is 65.0 Å². The first-order valence-electron chi connectivity index (χ1n) is 8.82. The van der Waals surface area contributed by atoms with E-state index >= 15 is 0 Å². The highest BCUT2D eigenvalue weighted by atomic mass is 19.2. The van der Waals surface area contributed by atoms with E-state index in [-0.39, 0.29) is 0 Å². The lowest BCUT2D eigenvalue weighted by molar-refractivity contribution is -0.153. The molecule has 154 valence electrons. The number of ether oxygens (including phenoxy) is 1. The van der Waals surface area contributed by atoms with Gasteiger partial charge in [0, 0.05) is 0 Å². The van der Waals surface area contributed by atoms with Gasteiger partial charge >= 0.3 is 5.97 Å². The molecule has 0 aromatic heterocycles. The molecule has 0 aliphatic heterocycles. The molecule has 29 heavy (non-hydrogen) atoms. The number of hydrogen-bond acceptors (Lipinski definition) is 3. The number of amides is 1. The van der Waals surface area contributed by atoms with Crippen molar-refractivity contribution in [1.82, 2.24) is 0 Å². The lowest BCUT2D eigenvalue weighted by Gasteiger charge is -2.27. The van der Waals surface area contributed by atoms with Gasteiger partial charge in [-0.1, -0.05) is 43.2 Å². The summed E-state index contributed by atoms with van der Waals surface area (Å²) in [5.41, 5.74) is -1.71. The zero-order valence-electron chi connectivity index (χ0n) is 15.0. The zero-order chi connectivity index (χ0) is 21.2. The van der Waals surface area contributed by atoms with E-state index in [0.717, 1.165) is 18.4 Å². The number of anilines is 1. The minimum absolute atomic E-state index is 0.509. The van der Waals surface area contributed by atoms with Crippen LogP contribution >= 0.6 is 0 Å². The van der Waals surface area contributed by atoms with Crippen LogP contribution in [0.5, 0.6) is 0 Å². The number of carbonyl (C=O) groups excluding carboxylic acids is 2. The fourth-order valence-corrected chi connectivity index (χ4v) is 3.51. The van der Waals surface area contributed by atoms with Crippen LogP contribution in [-0.2, 0) is 19.7 Å². The molecule has 1 fully saturated rings. The van der Waals surface area contributed by atoms with Gasteiger partial charge in [-0.25, -0.2) is 22.0 Å². The van der Waals surface area contributed by atoms with Crippen molar-refractivity contribution in [2.24, 2.45) is 0 Å². The van der Waals surface area contributed by atoms with Gasteiger partial charge in [-0.05, 0) is 18.4 Å². The van der Waals surface area contributed by atoms with Gasteiger partial charge < -0.3 is 10.1 Å². The predicted octanol–water partition coefficient (Wildman–Crippen LogP) is 4.38. The van der Waals surface area contributed by atoms with E-state index < -0.39 is 58.7 Å². The summed E-state index contributed by atoms with van der Waals surface area (Å²) < 4.78 is 71.8. The standard InChI is InChI=1S/C20H16F5NO3/c21-13-14(22)16(24)18(17(25)15(13)23)26-12(27)10-29-19(28)20(8-4-5-9-20)11-6-2-1-3-7-11/h1-3,6-7H,4-5,8-10H2,(H,26,27). The van der Waals surface area contributed by atoms with Gasteiger partial charge in [0.05, 0.1) is 5.41 Å². The first-order chi connectivity index (χ1) is 13.8. The molecule has 9 heteroatoms. The molecule has 1 N–H and O–H groups in total. The summed E-state index contributed by atoms with van der Waals surface area (Å²) in [6, 6.07) is 8.84. The maximum Gasteiger partial charge on any atom is 0.317 e. The molecule has 2 aromatic carbocycles. The lowest BCUT2D eigenvalue weighted by Crippen LogP contribution is -2.36. The minimum atomic E-state index is -2.34. The molecule has 0 unspecified atom stereocenters. The third kappa shape index (κ3) is 3.81. The number of hydrogen-bond donors (Lipinski definition) is 1. The number of esters is 1. The molecule has 1 saturated carbocycles. The Morgan fingerprint density at radius 1 is 0.862 bits per heavy atom. The van der Waals surface area contributed by atoms with Crippen LogP contribution in [0.1, 0.15) is 31.2 Å². The zero-order valence-corrected chi connectivity index (χ0v) is 15.0. The molecular weight excluding hydrogens is 397 g/mol. The highest BCUT2D eigenvalue weighted by molar-refractivity contribution is 5.94. The topological polar surface area (TPSA) is 55.4 Å². The van der Waals surface area contributed by atoms with Crippen LogP contribution in [0.3, 0.4) is 0 Å². The average molecular weight is 413 g/mol. The van der Waals surface area contributed by atoms with Crippen LogP contribution < -0.4 is 5.32 Å². The number of benzene rings is 2. The smallest absolute Gasteiger partial charge is 0.317 e. The molecule has 1 aliphatic rings. The van der Waals surface area contributed by atoms with E-state index in [0.29, 0.717) is 12.8 Å². The normalized spacial score (nSPS) is 15.2. The van der Waals surface area contributed by atoms with Crippen molar-refractivity contribution < 1.29 is 36.3 Å². The molecule has 0 atom stereocenters. The number of halogens is 5. The number of rotatable bonds is 5. The Hall–Kier alpha value is -2.97. The Balaban J connectivity index is 1.72. The molecule has 0 saturated heterocycles. The number of carbonyl (C=O) groups is 2. The summed E-state index contributed by atoms with van der Waals surface area (Å²) in [5.74, 6) is -13.0. The van der Waals surface area contributed by atoms with Gasteiger partial charge in [0.2, 0.25) is 5.82 Å². The molecule has 0 radical (unpaired) electrons. The Morgan fingerprint density at radius 3 is 1.93 bits per heavy atom. The molecule has 4 nitrogen and oxygen atoms in total. The third-order valence-corrected chi connectivity index (χ3v) is 4.98. The van der Waals surface area contributed by atoms with E-state index in [1.807, 2.05) is 0 Å². The van der Waals surface area contributed by atoms with E-state index in [2.05, 4.69) is 0 Å². The molecule has 3 rings (SSSR count). The highest BCUT2D eigenvalue weighted by Crippen LogP contribution is 2.42. The Labute approximate surface area is 162 Å². The Bertz CT molecular complexity index is 914. The van der Waals surface area contributed by atoms with Crippen LogP contribution in [0, 0.1) is 29.1 Å². The molecular formula is C20H16F5NO3. The van der Waals surface area contributed by atoms with Crippen molar-refractivity contribution in [1.29, 1.82) is 0 Å². The third-order valence-electron chi connectivity index (χ3n) is 4.98. The summed E-state index contributed by atoms with van der Waals surface area (Å²) in [4.78, 5) is 24.6.